The van der Waals surface area contributed by atoms with Crippen LogP contribution in [0.4, 0.5) is 0 Å². The smallest absolute Gasteiger partial charge is 0.242 e. The van der Waals surface area contributed by atoms with Gasteiger partial charge in [0, 0.05) is 12.1 Å². The van der Waals surface area contributed by atoms with Crippen LogP contribution in [0.25, 0.3) is 11.4 Å². The Morgan fingerprint density at radius 2 is 2.40 bits per heavy atom. The molecule has 0 saturated heterocycles. The van der Waals surface area contributed by atoms with Gasteiger partial charge in [-0.1, -0.05) is 18.2 Å². The van der Waals surface area contributed by atoms with Gasteiger partial charge in [0.15, 0.2) is 5.82 Å². The van der Waals surface area contributed by atoms with E-state index < -0.39 is 0 Å². The minimum Gasteiger partial charge on any atom is -0.351 e. The predicted molar refractivity (Wildman–Crippen MR) is 73.4 cm³/mol. The van der Waals surface area contributed by atoms with E-state index in [2.05, 4.69) is 28.0 Å². The molecule has 0 bridgehead atoms. The molecule has 1 aromatic heterocycles. The van der Waals surface area contributed by atoms with E-state index in [0.29, 0.717) is 17.9 Å². The van der Waals surface area contributed by atoms with Crippen molar-refractivity contribution in [2.75, 3.05) is 6.54 Å². The Bertz CT molecular complexity index is 668. The number of nitrogens with zero attached hydrogens (tertiary/aromatic N) is 4. The average molecular weight is 267 g/mol. The van der Waals surface area contributed by atoms with E-state index in [1.807, 2.05) is 6.07 Å². The van der Waals surface area contributed by atoms with E-state index >= 15 is 0 Å². The van der Waals surface area contributed by atoms with Crippen molar-refractivity contribution in [3.05, 3.63) is 48.8 Å². The molecular formula is C14H13N5O. The van der Waals surface area contributed by atoms with E-state index in [9.17, 15) is 4.79 Å². The molecule has 0 fully saturated rings. The van der Waals surface area contributed by atoms with Crippen molar-refractivity contribution in [1.82, 2.24) is 20.1 Å². The summed E-state index contributed by atoms with van der Waals surface area (Å²) in [4.78, 5) is 15.8. The Balaban J connectivity index is 2.22. The molecule has 1 amide bonds. The molecular weight excluding hydrogens is 254 g/mol. The molecule has 6 heteroatoms. The molecule has 100 valence electrons. The van der Waals surface area contributed by atoms with E-state index in [0.717, 1.165) is 5.56 Å². The second-order valence-corrected chi connectivity index (χ2v) is 4.03. The lowest BCUT2D eigenvalue weighted by Crippen LogP contribution is -2.28. The normalized spacial score (nSPS) is 9.75. The zero-order valence-electron chi connectivity index (χ0n) is 10.8. The molecule has 2 aromatic rings. The second-order valence-electron chi connectivity index (χ2n) is 4.03. The molecule has 0 saturated carbocycles. The number of carbonyl (C=O) groups is 1. The number of benzene rings is 1. The maximum atomic E-state index is 11.7. The van der Waals surface area contributed by atoms with Gasteiger partial charge in [-0.3, -0.25) is 4.79 Å². The Morgan fingerprint density at radius 1 is 1.55 bits per heavy atom. The second kappa shape index (κ2) is 6.29. The molecule has 1 aromatic carbocycles. The first-order chi connectivity index (χ1) is 9.74. The first-order valence-corrected chi connectivity index (χ1v) is 6.00. The first-order valence-electron chi connectivity index (χ1n) is 6.00. The lowest BCUT2D eigenvalue weighted by molar-refractivity contribution is -0.121. The van der Waals surface area contributed by atoms with Crippen molar-refractivity contribution in [1.29, 1.82) is 5.26 Å². The monoisotopic (exact) mass is 267 g/mol. The van der Waals surface area contributed by atoms with Crippen LogP contribution in [0.5, 0.6) is 0 Å². The number of rotatable bonds is 5. The van der Waals surface area contributed by atoms with Crippen molar-refractivity contribution in [3.8, 4) is 17.5 Å². The maximum Gasteiger partial charge on any atom is 0.242 e. The minimum atomic E-state index is -0.173. The third kappa shape index (κ3) is 3.09. The summed E-state index contributed by atoms with van der Waals surface area (Å²) in [5.74, 6) is 0.379. The van der Waals surface area contributed by atoms with E-state index in [1.54, 1.807) is 24.3 Å². The van der Waals surface area contributed by atoms with Crippen LogP contribution in [0, 0.1) is 11.3 Å². The largest absolute Gasteiger partial charge is 0.351 e. The van der Waals surface area contributed by atoms with Crippen LogP contribution in [0.15, 0.2) is 43.2 Å². The molecule has 0 radical (unpaired) electrons. The highest BCUT2D eigenvalue weighted by molar-refractivity contribution is 5.76. The fourth-order valence-electron chi connectivity index (χ4n) is 1.71. The highest BCUT2D eigenvalue weighted by atomic mass is 16.2. The minimum absolute atomic E-state index is 0.0694. The van der Waals surface area contributed by atoms with Crippen molar-refractivity contribution in [2.45, 2.75) is 6.54 Å². The number of carbonyl (C=O) groups excluding carboxylic acids is 1. The van der Waals surface area contributed by atoms with Gasteiger partial charge in [0.2, 0.25) is 5.91 Å². The van der Waals surface area contributed by atoms with Crippen molar-refractivity contribution >= 4 is 5.91 Å². The van der Waals surface area contributed by atoms with Crippen LogP contribution in [-0.2, 0) is 11.3 Å². The molecule has 6 nitrogen and oxygen atoms in total. The number of amides is 1. The molecule has 1 heterocycles. The zero-order valence-corrected chi connectivity index (χ0v) is 10.8. The van der Waals surface area contributed by atoms with Crippen LogP contribution in [0.2, 0.25) is 0 Å². The number of hydrogen-bond acceptors (Lipinski definition) is 4. The third-order valence-electron chi connectivity index (χ3n) is 2.60. The number of nitriles is 1. The third-order valence-corrected chi connectivity index (χ3v) is 2.60. The Kier molecular flexibility index (Phi) is 4.24. The van der Waals surface area contributed by atoms with Gasteiger partial charge in [-0.05, 0) is 12.1 Å². The Morgan fingerprint density at radius 3 is 3.15 bits per heavy atom. The summed E-state index contributed by atoms with van der Waals surface area (Å²) in [6.07, 6.45) is 2.99. The lowest BCUT2D eigenvalue weighted by atomic mass is 10.1. The van der Waals surface area contributed by atoms with Gasteiger partial charge < -0.3 is 5.32 Å². The van der Waals surface area contributed by atoms with Crippen LogP contribution < -0.4 is 5.32 Å². The molecule has 0 unspecified atom stereocenters. The summed E-state index contributed by atoms with van der Waals surface area (Å²) in [6, 6.07) is 9.08. The molecule has 20 heavy (non-hydrogen) atoms. The fraction of sp³-hybridized carbons (Fsp3) is 0.143. The molecule has 0 aliphatic carbocycles. The van der Waals surface area contributed by atoms with E-state index in [-0.39, 0.29) is 12.5 Å². The number of aromatic nitrogens is 3. The lowest BCUT2D eigenvalue weighted by Gasteiger charge is -2.06. The van der Waals surface area contributed by atoms with Gasteiger partial charge >= 0.3 is 0 Å². The van der Waals surface area contributed by atoms with Gasteiger partial charge in [-0.15, -0.1) is 6.58 Å². The van der Waals surface area contributed by atoms with Gasteiger partial charge in [0.1, 0.15) is 12.9 Å². The summed E-state index contributed by atoms with van der Waals surface area (Å²) < 4.78 is 1.49. The number of nitrogens with one attached hydrogen (secondary N) is 1. The highest BCUT2D eigenvalue weighted by Gasteiger charge is 2.10. The zero-order chi connectivity index (χ0) is 14.4. The highest BCUT2D eigenvalue weighted by Crippen LogP contribution is 2.17. The van der Waals surface area contributed by atoms with Crippen molar-refractivity contribution in [3.63, 3.8) is 0 Å². The van der Waals surface area contributed by atoms with Crippen LogP contribution >= 0.6 is 0 Å². The summed E-state index contributed by atoms with van der Waals surface area (Å²) in [5.41, 5.74) is 1.28. The van der Waals surface area contributed by atoms with Gasteiger partial charge in [-0.2, -0.15) is 10.4 Å². The molecule has 0 aliphatic heterocycles. The summed E-state index contributed by atoms with van der Waals surface area (Å²) >= 11 is 0. The molecule has 0 spiro atoms. The summed E-state index contributed by atoms with van der Waals surface area (Å²) in [7, 11) is 0. The van der Waals surface area contributed by atoms with E-state index in [4.69, 9.17) is 5.26 Å². The van der Waals surface area contributed by atoms with Crippen LogP contribution in [-0.4, -0.2) is 27.2 Å². The Labute approximate surface area is 116 Å². The molecule has 0 atom stereocenters. The van der Waals surface area contributed by atoms with Crippen LogP contribution in [0.3, 0.4) is 0 Å². The fourth-order valence-corrected chi connectivity index (χ4v) is 1.71. The standard InChI is InChI=1S/C14H13N5O/c1-2-6-16-13(20)9-19-14(17-10-18-19)12-5-3-4-11(7-12)8-15/h2-5,7,10H,1,6,9H2,(H,16,20). The quantitative estimate of drug-likeness (QED) is 0.823. The van der Waals surface area contributed by atoms with Crippen LogP contribution in [0.1, 0.15) is 5.56 Å². The van der Waals surface area contributed by atoms with Crippen molar-refractivity contribution < 1.29 is 4.79 Å². The number of hydrogen-bond donors (Lipinski definition) is 1. The average Bonchev–Trinajstić information content (AvgIpc) is 2.93. The van der Waals surface area contributed by atoms with Crippen molar-refractivity contribution in [2.24, 2.45) is 0 Å². The topological polar surface area (TPSA) is 83.6 Å². The first kappa shape index (κ1) is 13.5. The van der Waals surface area contributed by atoms with Gasteiger partial charge in [-0.25, -0.2) is 9.67 Å². The predicted octanol–water partition coefficient (Wildman–Crippen LogP) is 1.12. The van der Waals surface area contributed by atoms with Gasteiger partial charge in [0.05, 0.1) is 11.6 Å². The van der Waals surface area contributed by atoms with Gasteiger partial charge in [0.25, 0.3) is 0 Å². The molecule has 2 rings (SSSR count). The molecule has 0 aliphatic rings. The SMILES string of the molecule is C=CCNC(=O)Cn1ncnc1-c1cccc(C#N)c1. The molecule has 1 N–H and O–H groups in total. The van der Waals surface area contributed by atoms with E-state index in [1.165, 1.54) is 11.0 Å². The summed E-state index contributed by atoms with van der Waals surface area (Å²) in [6.45, 7) is 4.01. The Hall–Kier alpha value is -2.94. The maximum absolute atomic E-state index is 11.7. The summed E-state index contributed by atoms with van der Waals surface area (Å²) in [5, 5.41) is 15.6.